The number of pyridine rings is 1. The topological polar surface area (TPSA) is 100 Å². The fourth-order valence-corrected chi connectivity index (χ4v) is 4.42. The molecule has 2 aromatic rings. The zero-order valence-corrected chi connectivity index (χ0v) is 17.8. The normalized spacial score (nSPS) is 25.0. The van der Waals surface area contributed by atoms with E-state index < -0.39 is 48.0 Å². The van der Waals surface area contributed by atoms with E-state index in [-0.39, 0.29) is 5.69 Å². The van der Waals surface area contributed by atoms with Crippen molar-refractivity contribution in [3.05, 3.63) is 59.7 Å². The quantitative estimate of drug-likeness (QED) is 0.470. The maximum atomic E-state index is 14.3. The summed E-state index contributed by atoms with van der Waals surface area (Å²) < 4.78 is 53.3. The number of β-amino-alcohol motifs (C(OH)–C–C–N with tert-alkyl or cyclic N) is 1. The molecule has 0 unspecified atom stereocenters. The minimum atomic E-state index is -4.87. The number of carbonyl (C=O) groups excluding carboxylic acids is 1. The lowest BCUT2D eigenvalue weighted by atomic mass is 9.81. The van der Waals surface area contributed by atoms with Crippen LogP contribution in [0.2, 0.25) is 0 Å². The molecule has 5 N–H and O–H groups in total. The van der Waals surface area contributed by atoms with Gasteiger partial charge in [0.2, 0.25) is 5.91 Å². The standard InChI is InChI=1S/C23H26F4N4O2/c24-17-4-1-14(5-8-22(28,15-2-3-15)16-6-9-29-10-7-16)11-18(17)31-20(32)19-12-21(33,13-30-19)23(25,26)27/h1,4,6-7,9-11,15,19,30,33H,2-3,5,8,12-13,28H2,(H,31,32)/t19-,21-,22+/m1/s1. The maximum absolute atomic E-state index is 14.3. The number of nitrogens with two attached hydrogens (primary N) is 1. The SMILES string of the molecule is N[C@](CCc1ccc(F)c(NC(=O)[C@H]2C[C@](O)(C(F)(F)F)CN2)c1)(c1ccncc1)C1CC1. The van der Waals surface area contributed by atoms with Gasteiger partial charge in [0, 0.05) is 30.9 Å². The summed E-state index contributed by atoms with van der Waals surface area (Å²) in [6.07, 6.45) is 0.864. The molecular formula is C23H26F4N4O2. The molecule has 6 nitrogen and oxygen atoms in total. The van der Waals surface area contributed by atoms with Crippen LogP contribution in [0.4, 0.5) is 23.2 Å². The summed E-state index contributed by atoms with van der Waals surface area (Å²) in [6, 6.07) is 6.77. The lowest BCUT2D eigenvalue weighted by Crippen LogP contribution is -2.46. The van der Waals surface area contributed by atoms with E-state index >= 15 is 0 Å². The summed E-state index contributed by atoms with van der Waals surface area (Å²) in [5, 5.41) is 14.5. The number of nitrogens with one attached hydrogen (secondary N) is 2. The van der Waals surface area contributed by atoms with Crippen LogP contribution in [0.5, 0.6) is 0 Å². The molecule has 4 rings (SSSR count). The van der Waals surface area contributed by atoms with E-state index in [2.05, 4.69) is 15.6 Å². The predicted molar refractivity (Wildman–Crippen MR) is 114 cm³/mol. The number of aliphatic hydroxyl groups is 1. The van der Waals surface area contributed by atoms with Gasteiger partial charge in [0.05, 0.1) is 11.7 Å². The molecule has 33 heavy (non-hydrogen) atoms. The lowest BCUT2D eigenvalue weighted by molar-refractivity contribution is -0.252. The largest absolute Gasteiger partial charge is 0.418 e. The van der Waals surface area contributed by atoms with E-state index in [9.17, 15) is 27.5 Å². The van der Waals surface area contributed by atoms with E-state index in [0.29, 0.717) is 18.8 Å². The summed E-state index contributed by atoms with van der Waals surface area (Å²) in [6.45, 7) is -0.800. The van der Waals surface area contributed by atoms with Crippen molar-refractivity contribution in [2.75, 3.05) is 11.9 Å². The molecule has 1 aliphatic carbocycles. The first kappa shape index (κ1) is 23.6. The van der Waals surface area contributed by atoms with Crippen LogP contribution in [0.25, 0.3) is 0 Å². The first-order valence-electron chi connectivity index (χ1n) is 10.8. The Bertz CT molecular complexity index is 1020. The lowest BCUT2D eigenvalue weighted by Gasteiger charge is -2.30. The number of carbonyl (C=O) groups is 1. The van der Waals surface area contributed by atoms with Crippen molar-refractivity contribution < 1.29 is 27.5 Å². The smallest absolute Gasteiger partial charge is 0.379 e. The van der Waals surface area contributed by atoms with Crippen LogP contribution in [0.15, 0.2) is 42.7 Å². The van der Waals surface area contributed by atoms with E-state index in [1.807, 2.05) is 12.1 Å². The fourth-order valence-electron chi connectivity index (χ4n) is 4.42. The number of aromatic nitrogens is 1. The molecule has 178 valence electrons. The van der Waals surface area contributed by atoms with Gasteiger partial charge in [0.25, 0.3) is 0 Å². The summed E-state index contributed by atoms with van der Waals surface area (Å²) >= 11 is 0. The third-order valence-corrected chi connectivity index (χ3v) is 6.67. The Morgan fingerprint density at radius 1 is 1.24 bits per heavy atom. The number of hydrogen-bond acceptors (Lipinski definition) is 5. The number of benzene rings is 1. The number of hydrogen-bond donors (Lipinski definition) is 4. The van der Waals surface area contributed by atoms with Crippen molar-refractivity contribution in [2.24, 2.45) is 11.7 Å². The first-order chi connectivity index (χ1) is 15.5. The number of aryl methyl sites for hydroxylation is 1. The molecule has 2 heterocycles. The maximum Gasteiger partial charge on any atom is 0.418 e. The zero-order valence-electron chi connectivity index (χ0n) is 17.8. The molecule has 0 bridgehead atoms. The van der Waals surface area contributed by atoms with E-state index in [1.54, 1.807) is 18.5 Å². The highest BCUT2D eigenvalue weighted by atomic mass is 19.4. The van der Waals surface area contributed by atoms with Crippen molar-refractivity contribution in [1.82, 2.24) is 10.3 Å². The Morgan fingerprint density at radius 2 is 1.94 bits per heavy atom. The van der Waals surface area contributed by atoms with Gasteiger partial charge in [-0.25, -0.2) is 4.39 Å². The number of nitrogens with zero attached hydrogens (tertiary/aromatic N) is 1. The first-order valence-corrected chi connectivity index (χ1v) is 10.8. The number of anilines is 1. The van der Waals surface area contributed by atoms with Gasteiger partial charge >= 0.3 is 6.18 Å². The van der Waals surface area contributed by atoms with E-state index in [4.69, 9.17) is 5.73 Å². The van der Waals surface area contributed by atoms with Gasteiger partial charge in [0.1, 0.15) is 5.82 Å². The molecule has 2 fully saturated rings. The number of halogens is 4. The molecule has 3 atom stereocenters. The third-order valence-electron chi connectivity index (χ3n) is 6.67. The molecule has 1 aliphatic heterocycles. The highest BCUT2D eigenvalue weighted by Gasteiger charge is 2.58. The minimum absolute atomic E-state index is 0.125. The Balaban J connectivity index is 1.43. The Morgan fingerprint density at radius 3 is 2.55 bits per heavy atom. The molecule has 1 aromatic heterocycles. The molecule has 10 heteroatoms. The highest BCUT2D eigenvalue weighted by molar-refractivity contribution is 5.95. The predicted octanol–water partition coefficient (Wildman–Crippen LogP) is 3.01. The van der Waals surface area contributed by atoms with E-state index in [1.165, 1.54) is 12.1 Å². The zero-order chi connectivity index (χ0) is 23.9. The fraction of sp³-hybridized carbons (Fsp3) is 0.478. The van der Waals surface area contributed by atoms with Crippen molar-refractivity contribution in [3.63, 3.8) is 0 Å². The minimum Gasteiger partial charge on any atom is -0.379 e. The highest BCUT2D eigenvalue weighted by Crippen LogP contribution is 2.46. The molecule has 1 aromatic carbocycles. The summed E-state index contributed by atoms with van der Waals surface area (Å²) in [5.41, 5.74) is 4.83. The van der Waals surface area contributed by atoms with Crippen LogP contribution in [0, 0.1) is 11.7 Å². The van der Waals surface area contributed by atoms with Gasteiger partial charge in [-0.1, -0.05) is 6.07 Å². The Labute approximate surface area is 188 Å². The van der Waals surface area contributed by atoms with Crippen LogP contribution in [-0.2, 0) is 16.8 Å². The van der Waals surface area contributed by atoms with Gasteiger partial charge in [-0.05, 0) is 67.0 Å². The van der Waals surface area contributed by atoms with Crippen LogP contribution in [0.1, 0.15) is 36.8 Å². The van der Waals surface area contributed by atoms with Crippen molar-refractivity contribution in [1.29, 1.82) is 0 Å². The van der Waals surface area contributed by atoms with Crippen LogP contribution < -0.4 is 16.4 Å². The number of alkyl halides is 3. The monoisotopic (exact) mass is 466 g/mol. The third kappa shape index (κ3) is 4.87. The second kappa shape index (κ2) is 8.66. The van der Waals surface area contributed by atoms with Crippen LogP contribution in [-0.4, -0.2) is 40.4 Å². The van der Waals surface area contributed by atoms with Gasteiger partial charge in [-0.15, -0.1) is 0 Å². The Kier molecular flexibility index (Phi) is 6.19. The number of rotatable bonds is 7. The molecular weight excluding hydrogens is 440 g/mol. The second-order valence-corrected chi connectivity index (χ2v) is 9.02. The molecule has 0 spiro atoms. The second-order valence-electron chi connectivity index (χ2n) is 9.02. The van der Waals surface area contributed by atoms with Crippen molar-refractivity contribution in [3.8, 4) is 0 Å². The van der Waals surface area contributed by atoms with Gasteiger partial charge in [-0.2, -0.15) is 13.2 Å². The average Bonchev–Trinajstić information content (AvgIpc) is 3.55. The molecule has 1 saturated heterocycles. The molecule has 0 radical (unpaired) electrons. The summed E-state index contributed by atoms with van der Waals surface area (Å²) in [7, 11) is 0. The van der Waals surface area contributed by atoms with Crippen LogP contribution in [0.3, 0.4) is 0 Å². The molecule has 1 amide bonds. The Hall–Kier alpha value is -2.56. The summed E-state index contributed by atoms with van der Waals surface area (Å²) in [5.74, 6) is -1.19. The van der Waals surface area contributed by atoms with Crippen molar-refractivity contribution >= 4 is 11.6 Å². The van der Waals surface area contributed by atoms with Crippen LogP contribution >= 0.6 is 0 Å². The van der Waals surface area contributed by atoms with Gasteiger partial charge in [0.15, 0.2) is 5.60 Å². The van der Waals surface area contributed by atoms with E-state index in [0.717, 1.165) is 24.0 Å². The van der Waals surface area contributed by atoms with Crippen molar-refractivity contribution in [2.45, 2.75) is 55.5 Å². The molecule has 2 aliphatic rings. The van der Waals surface area contributed by atoms with Gasteiger partial charge < -0.3 is 21.5 Å². The molecule has 1 saturated carbocycles. The average molecular weight is 466 g/mol. The number of amides is 1. The van der Waals surface area contributed by atoms with Gasteiger partial charge in [-0.3, -0.25) is 9.78 Å². The summed E-state index contributed by atoms with van der Waals surface area (Å²) in [4.78, 5) is 16.5.